The van der Waals surface area contributed by atoms with Crippen LogP contribution in [0.4, 0.5) is 0 Å². The molecule has 0 aliphatic carbocycles. The van der Waals surface area contributed by atoms with Crippen LogP contribution in [0.25, 0.3) is 5.69 Å². The summed E-state index contributed by atoms with van der Waals surface area (Å²) in [6, 6.07) is 7.45. The molecule has 25 heavy (non-hydrogen) atoms. The number of amides is 1. The largest absolute Gasteiger partial charge is 0.349 e. The highest BCUT2D eigenvalue weighted by atomic mass is 35.5. The minimum absolute atomic E-state index is 0.202. The van der Waals surface area contributed by atoms with Crippen molar-refractivity contribution >= 4 is 17.5 Å². The lowest BCUT2D eigenvalue weighted by Gasteiger charge is -2.08. The summed E-state index contributed by atoms with van der Waals surface area (Å²) in [6.07, 6.45) is 3.81. The SMILES string of the molecule is CCCc1nc(C(=O)NCCC2CCNC2)nn1-c1ccccc1Cl. The topological polar surface area (TPSA) is 71.8 Å². The highest BCUT2D eigenvalue weighted by molar-refractivity contribution is 6.32. The van der Waals surface area contributed by atoms with Crippen molar-refractivity contribution in [3.8, 4) is 5.69 Å². The first-order valence-corrected chi connectivity index (χ1v) is 9.26. The zero-order valence-electron chi connectivity index (χ0n) is 14.5. The Hall–Kier alpha value is -1.92. The van der Waals surface area contributed by atoms with Gasteiger partial charge in [0.2, 0.25) is 5.82 Å². The lowest BCUT2D eigenvalue weighted by Crippen LogP contribution is -2.27. The zero-order chi connectivity index (χ0) is 17.6. The van der Waals surface area contributed by atoms with Crippen molar-refractivity contribution in [1.82, 2.24) is 25.4 Å². The van der Waals surface area contributed by atoms with Crippen LogP contribution in [0.3, 0.4) is 0 Å². The Morgan fingerprint density at radius 2 is 2.28 bits per heavy atom. The van der Waals surface area contributed by atoms with Gasteiger partial charge in [0.05, 0.1) is 10.7 Å². The molecule has 1 aliphatic rings. The predicted octanol–water partition coefficient (Wildman–Crippen LogP) is 2.60. The first-order chi connectivity index (χ1) is 12.2. The second-order valence-corrected chi connectivity index (χ2v) is 6.78. The van der Waals surface area contributed by atoms with E-state index in [9.17, 15) is 4.79 Å². The van der Waals surface area contributed by atoms with Crippen LogP contribution in [0, 0.1) is 5.92 Å². The van der Waals surface area contributed by atoms with Gasteiger partial charge in [-0.1, -0.05) is 30.7 Å². The zero-order valence-corrected chi connectivity index (χ0v) is 15.2. The van der Waals surface area contributed by atoms with Crippen molar-refractivity contribution in [3.63, 3.8) is 0 Å². The van der Waals surface area contributed by atoms with E-state index < -0.39 is 0 Å². The minimum Gasteiger partial charge on any atom is -0.349 e. The van der Waals surface area contributed by atoms with Gasteiger partial charge in [0.25, 0.3) is 5.91 Å². The van der Waals surface area contributed by atoms with Gasteiger partial charge < -0.3 is 10.6 Å². The smallest absolute Gasteiger partial charge is 0.290 e. The average molecular weight is 362 g/mol. The molecule has 0 spiro atoms. The number of benzene rings is 1. The van der Waals surface area contributed by atoms with Gasteiger partial charge in [-0.2, -0.15) is 0 Å². The molecule has 2 heterocycles. The van der Waals surface area contributed by atoms with E-state index in [1.165, 1.54) is 6.42 Å². The minimum atomic E-state index is -0.228. The Bertz CT molecular complexity index is 724. The van der Waals surface area contributed by atoms with Crippen LogP contribution < -0.4 is 10.6 Å². The molecule has 2 aromatic rings. The second-order valence-electron chi connectivity index (χ2n) is 6.37. The van der Waals surface area contributed by atoms with Crippen LogP contribution in [0.15, 0.2) is 24.3 Å². The van der Waals surface area contributed by atoms with Crippen molar-refractivity contribution in [2.75, 3.05) is 19.6 Å². The Balaban J connectivity index is 1.72. The first kappa shape index (κ1) is 17.9. The van der Waals surface area contributed by atoms with Crippen molar-refractivity contribution in [2.45, 2.75) is 32.6 Å². The van der Waals surface area contributed by atoms with Crippen LogP contribution in [-0.2, 0) is 6.42 Å². The number of halogens is 1. The molecule has 6 nitrogen and oxygen atoms in total. The van der Waals surface area contributed by atoms with E-state index in [-0.39, 0.29) is 11.7 Å². The predicted molar refractivity (Wildman–Crippen MR) is 98.3 cm³/mol. The number of carbonyl (C=O) groups is 1. The Morgan fingerprint density at radius 1 is 1.44 bits per heavy atom. The van der Waals surface area contributed by atoms with E-state index in [2.05, 4.69) is 27.6 Å². The van der Waals surface area contributed by atoms with Crippen molar-refractivity contribution in [1.29, 1.82) is 0 Å². The summed E-state index contributed by atoms with van der Waals surface area (Å²) in [5.74, 6) is 1.37. The molecule has 1 atom stereocenters. The molecule has 3 rings (SSSR count). The standard InChI is InChI=1S/C18H24ClN5O/c1-2-5-16-22-17(18(25)21-11-9-13-8-10-20-12-13)23-24(16)15-7-4-3-6-14(15)19/h3-4,6-7,13,20H,2,5,8-12H2,1H3,(H,21,25). The van der Waals surface area contributed by atoms with Crippen molar-refractivity contribution in [2.24, 2.45) is 5.92 Å². The van der Waals surface area contributed by atoms with E-state index in [4.69, 9.17) is 11.6 Å². The van der Waals surface area contributed by atoms with Crippen LogP contribution in [-0.4, -0.2) is 40.3 Å². The number of aromatic nitrogens is 3. The number of rotatable bonds is 7. The maximum absolute atomic E-state index is 12.4. The summed E-state index contributed by atoms with van der Waals surface area (Å²) in [6.45, 7) is 4.83. The van der Waals surface area contributed by atoms with Crippen molar-refractivity contribution in [3.05, 3.63) is 40.9 Å². The van der Waals surface area contributed by atoms with Gasteiger partial charge in [-0.15, -0.1) is 5.10 Å². The number of hydrogen-bond acceptors (Lipinski definition) is 4. The molecule has 0 saturated carbocycles. The van der Waals surface area contributed by atoms with Crippen LogP contribution in [0.2, 0.25) is 5.02 Å². The lowest BCUT2D eigenvalue weighted by molar-refractivity contribution is 0.0941. The van der Waals surface area contributed by atoms with E-state index >= 15 is 0 Å². The van der Waals surface area contributed by atoms with Crippen LogP contribution in [0.1, 0.15) is 42.6 Å². The number of aryl methyl sites for hydroxylation is 1. The fourth-order valence-corrected chi connectivity index (χ4v) is 3.29. The number of nitrogens with zero attached hydrogens (tertiary/aromatic N) is 3. The summed E-state index contributed by atoms with van der Waals surface area (Å²) >= 11 is 6.28. The number of hydrogen-bond donors (Lipinski definition) is 2. The molecule has 1 aliphatic heterocycles. The molecular formula is C18H24ClN5O. The summed E-state index contributed by atoms with van der Waals surface area (Å²) in [7, 11) is 0. The maximum atomic E-state index is 12.4. The van der Waals surface area contributed by atoms with Gasteiger partial charge in [0.15, 0.2) is 0 Å². The monoisotopic (exact) mass is 361 g/mol. The summed E-state index contributed by atoms with van der Waals surface area (Å²) in [5, 5.41) is 11.3. The summed E-state index contributed by atoms with van der Waals surface area (Å²) < 4.78 is 1.68. The van der Waals surface area contributed by atoms with Gasteiger partial charge >= 0.3 is 0 Å². The third-order valence-electron chi connectivity index (χ3n) is 4.43. The normalized spacial score (nSPS) is 17.0. The molecule has 1 fully saturated rings. The molecule has 0 radical (unpaired) electrons. The molecule has 1 amide bonds. The van der Waals surface area contributed by atoms with Gasteiger partial charge in [-0.05, 0) is 50.4 Å². The first-order valence-electron chi connectivity index (χ1n) is 8.88. The van der Waals surface area contributed by atoms with E-state index in [0.717, 1.165) is 43.9 Å². The number of para-hydroxylation sites is 1. The fraction of sp³-hybridized carbons (Fsp3) is 0.500. The molecule has 134 valence electrons. The van der Waals surface area contributed by atoms with Crippen LogP contribution in [0.5, 0.6) is 0 Å². The highest BCUT2D eigenvalue weighted by Crippen LogP contribution is 2.21. The molecule has 2 N–H and O–H groups in total. The highest BCUT2D eigenvalue weighted by Gasteiger charge is 2.19. The molecule has 1 unspecified atom stereocenters. The van der Waals surface area contributed by atoms with E-state index in [0.29, 0.717) is 17.5 Å². The summed E-state index contributed by atoms with van der Waals surface area (Å²) in [5.41, 5.74) is 0.746. The Kier molecular flexibility index (Phi) is 6.04. The van der Waals surface area contributed by atoms with Gasteiger partial charge in [0, 0.05) is 13.0 Å². The average Bonchev–Trinajstić information content (AvgIpc) is 3.26. The third-order valence-corrected chi connectivity index (χ3v) is 4.75. The molecule has 1 aromatic heterocycles. The van der Waals surface area contributed by atoms with E-state index in [1.54, 1.807) is 4.68 Å². The van der Waals surface area contributed by atoms with Crippen LogP contribution >= 0.6 is 11.6 Å². The lowest BCUT2D eigenvalue weighted by atomic mass is 10.1. The summed E-state index contributed by atoms with van der Waals surface area (Å²) in [4.78, 5) is 16.8. The number of nitrogens with one attached hydrogen (secondary N) is 2. The quantitative estimate of drug-likeness (QED) is 0.795. The fourth-order valence-electron chi connectivity index (χ4n) is 3.07. The molecule has 7 heteroatoms. The number of carbonyl (C=O) groups excluding carboxylic acids is 1. The second kappa shape index (κ2) is 8.45. The van der Waals surface area contributed by atoms with Gasteiger partial charge in [0.1, 0.15) is 5.82 Å². The molecular weight excluding hydrogens is 338 g/mol. The third kappa shape index (κ3) is 4.38. The van der Waals surface area contributed by atoms with Crippen molar-refractivity contribution < 1.29 is 4.79 Å². The molecule has 0 bridgehead atoms. The maximum Gasteiger partial charge on any atom is 0.290 e. The molecule has 1 aromatic carbocycles. The van der Waals surface area contributed by atoms with Gasteiger partial charge in [-0.25, -0.2) is 9.67 Å². The Morgan fingerprint density at radius 3 is 3.00 bits per heavy atom. The van der Waals surface area contributed by atoms with E-state index in [1.807, 2.05) is 24.3 Å². The molecule has 1 saturated heterocycles. The Labute approximate surface area is 153 Å². The van der Waals surface area contributed by atoms with Gasteiger partial charge in [-0.3, -0.25) is 4.79 Å².